The van der Waals surface area contributed by atoms with Crippen molar-refractivity contribution >= 4 is 46.1 Å². The van der Waals surface area contributed by atoms with Crippen molar-refractivity contribution in [3.63, 3.8) is 0 Å². The number of fused-ring (bicyclic) bond motifs is 1. The van der Waals surface area contributed by atoms with Crippen molar-refractivity contribution in [3.8, 4) is 0 Å². The van der Waals surface area contributed by atoms with Gasteiger partial charge in [-0.05, 0) is 121 Å². The van der Waals surface area contributed by atoms with Crippen molar-refractivity contribution in [1.82, 2.24) is 15.6 Å². The van der Waals surface area contributed by atoms with Crippen LogP contribution >= 0.6 is 11.8 Å². The molecule has 4 aromatic rings. The third-order valence-corrected chi connectivity index (χ3v) is 14.8. The highest BCUT2D eigenvalue weighted by molar-refractivity contribution is 8.13. The number of aryl methyl sites for hydroxylation is 1. The van der Waals surface area contributed by atoms with E-state index in [1.807, 2.05) is 49.4 Å². The number of hydrogen-bond donors (Lipinski definition) is 4. The van der Waals surface area contributed by atoms with Crippen LogP contribution in [0.2, 0.25) is 0 Å². The van der Waals surface area contributed by atoms with E-state index in [2.05, 4.69) is 85.0 Å². The lowest BCUT2D eigenvalue weighted by Crippen LogP contribution is -2.57. The Labute approximate surface area is 360 Å². The van der Waals surface area contributed by atoms with Gasteiger partial charge >= 0.3 is 5.97 Å². The second kappa shape index (κ2) is 16.9. The molecule has 0 radical (unpaired) electrons. The number of nitrogens with one attached hydrogen (secondary N) is 3. The number of carbonyl (C=O) groups is 1. The van der Waals surface area contributed by atoms with Crippen molar-refractivity contribution < 1.29 is 14.6 Å². The van der Waals surface area contributed by atoms with Gasteiger partial charge in [0.1, 0.15) is 10.9 Å². The van der Waals surface area contributed by atoms with Gasteiger partial charge in [-0.2, -0.15) is 0 Å². The summed E-state index contributed by atoms with van der Waals surface area (Å²) in [5.41, 5.74) is 9.39. The molecule has 3 aromatic carbocycles. The molecule has 0 saturated heterocycles. The number of benzene rings is 3. The first kappa shape index (κ1) is 41.9. The van der Waals surface area contributed by atoms with Crippen molar-refractivity contribution in [2.24, 2.45) is 21.2 Å². The van der Waals surface area contributed by atoms with Crippen molar-refractivity contribution in [2.75, 3.05) is 37.4 Å². The SMILES string of the molecule is CCc1ccc(CNCCOC23CC(CN/C(C)=C(\C=N)c4ccc(N5CCc6cccc(/C(=N/c7ccccc7)SC)c6C5)nc4C(=O)O)(C2)CC2(C)CC2(C)C3)cc1. The van der Waals surface area contributed by atoms with Crippen LogP contribution in [0, 0.1) is 21.7 Å². The fourth-order valence-corrected chi connectivity index (χ4v) is 11.5. The molecule has 9 nitrogen and oxygen atoms in total. The first-order valence-electron chi connectivity index (χ1n) is 21.6. The average Bonchev–Trinajstić information content (AvgIpc) is 3.81. The van der Waals surface area contributed by atoms with Gasteiger partial charge in [0.15, 0.2) is 5.69 Å². The molecular weight excluding hydrogens is 765 g/mol. The van der Waals surface area contributed by atoms with Crippen molar-refractivity contribution in [2.45, 2.75) is 91.3 Å². The summed E-state index contributed by atoms with van der Waals surface area (Å²) in [6, 6.07) is 29.0. The van der Waals surface area contributed by atoms with E-state index >= 15 is 0 Å². The molecule has 2 heterocycles. The number of aliphatic imine (C=N–C) groups is 1. The fourth-order valence-electron chi connectivity index (χ4n) is 10.9. The molecule has 9 rings (SSSR count). The number of ether oxygens (including phenoxy) is 1. The van der Waals surface area contributed by atoms with Gasteiger partial charge in [-0.25, -0.2) is 14.8 Å². The Kier molecular flexibility index (Phi) is 11.8. The first-order valence-corrected chi connectivity index (χ1v) is 22.8. The van der Waals surface area contributed by atoms with Crippen molar-refractivity contribution in [1.29, 1.82) is 5.41 Å². The normalized spacial score (nSPS) is 25.9. The van der Waals surface area contributed by atoms with Crippen LogP contribution in [0.3, 0.4) is 0 Å². The predicted molar refractivity (Wildman–Crippen MR) is 246 cm³/mol. The zero-order chi connectivity index (χ0) is 42.1. The van der Waals surface area contributed by atoms with E-state index in [9.17, 15) is 9.90 Å². The number of carboxylic acids is 1. The lowest BCUT2D eigenvalue weighted by molar-refractivity contribution is -0.172. The monoisotopic (exact) mass is 824 g/mol. The predicted octanol–water partition coefficient (Wildman–Crippen LogP) is 9.85. The van der Waals surface area contributed by atoms with Crippen LogP contribution in [-0.2, 0) is 30.7 Å². The molecule has 2 atom stereocenters. The lowest BCUT2D eigenvalue weighted by atomic mass is 9.56. The van der Waals surface area contributed by atoms with Gasteiger partial charge in [-0.15, -0.1) is 11.8 Å². The largest absolute Gasteiger partial charge is 0.476 e. The lowest BCUT2D eigenvalue weighted by Gasteiger charge is -2.56. The Hall–Kier alpha value is -4.77. The highest BCUT2D eigenvalue weighted by Crippen LogP contribution is 2.78. The Morgan fingerprint density at radius 3 is 2.42 bits per heavy atom. The molecule has 4 aliphatic carbocycles. The Balaban J connectivity index is 0.956. The molecule has 5 aliphatic rings. The first-order chi connectivity index (χ1) is 28.9. The van der Waals surface area contributed by atoms with Gasteiger partial charge < -0.3 is 30.8 Å². The Bertz CT molecular complexity index is 2300. The third kappa shape index (κ3) is 8.43. The number of para-hydroxylation sites is 1. The van der Waals surface area contributed by atoms with Crippen LogP contribution < -0.4 is 15.5 Å². The molecule has 2 unspecified atom stereocenters. The van der Waals surface area contributed by atoms with Crippen LogP contribution in [0.5, 0.6) is 0 Å². The number of hydrogen-bond acceptors (Lipinski definition) is 9. The maximum Gasteiger partial charge on any atom is 0.355 e. The molecular formula is C50H60N6O3S. The number of anilines is 1. The van der Waals surface area contributed by atoms with Gasteiger partial charge in [0.05, 0.1) is 17.9 Å². The van der Waals surface area contributed by atoms with E-state index in [0.29, 0.717) is 40.9 Å². The summed E-state index contributed by atoms with van der Waals surface area (Å²) in [5, 5.41) is 27.3. The molecule has 4 N–H and O–H groups in total. The van der Waals surface area contributed by atoms with Crippen LogP contribution in [0.15, 0.2) is 95.6 Å². The molecule has 0 amide bonds. The molecule has 314 valence electrons. The fraction of sp³-hybridized carbons (Fsp3) is 0.440. The number of rotatable bonds is 16. The number of nitrogens with zero attached hydrogens (tertiary/aromatic N) is 3. The Morgan fingerprint density at radius 1 is 0.950 bits per heavy atom. The minimum absolute atomic E-state index is 0.0433. The average molecular weight is 825 g/mol. The minimum atomic E-state index is -1.11. The number of pyridine rings is 1. The smallest absolute Gasteiger partial charge is 0.355 e. The zero-order valence-electron chi connectivity index (χ0n) is 35.9. The maximum atomic E-state index is 12.9. The van der Waals surface area contributed by atoms with E-state index in [1.165, 1.54) is 34.9 Å². The van der Waals surface area contributed by atoms with E-state index in [1.54, 1.807) is 11.8 Å². The van der Waals surface area contributed by atoms with E-state index in [4.69, 9.17) is 20.1 Å². The van der Waals surface area contributed by atoms with Crippen LogP contribution in [0.1, 0.15) is 104 Å². The summed E-state index contributed by atoms with van der Waals surface area (Å²) in [6.45, 7) is 13.5. The second-order valence-corrected chi connectivity index (χ2v) is 19.2. The molecule has 2 bridgehead atoms. The molecule has 1 aliphatic heterocycles. The van der Waals surface area contributed by atoms with Crippen LogP contribution in [-0.4, -0.2) is 65.4 Å². The van der Waals surface area contributed by atoms with Gasteiger partial charge in [-0.1, -0.05) is 81.4 Å². The molecule has 1 aromatic heterocycles. The summed E-state index contributed by atoms with van der Waals surface area (Å²) in [6.07, 6.45) is 10.7. The van der Waals surface area contributed by atoms with E-state index in [-0.39, 0.29) is 16.7 Å². The van der Waals surface area contributed by atoms with Gasteiger partial charge in [-0.3, -0.25) is 0 Å². The summed E-state index contributed by atoms with van der Waals surface area (Å²) in [5.74, 6) is -0.494. The van der Waals surface area contributed by atoms with E-state index < -0.39 is 5.97 Å². The number of allylic oxidation sites excluding steroid dienone is 2. The molecule has 4 saturated carbocycles. The van der Waals surface area contributed by atoms with Gasteiger partial charge in [0, 0.05) is 61.3 Å². The molecule has 0 spiro atoms. The summed E-state index contributed by atoms with van der Waals surface area (Å²) in [4.78, 5) is 24.8. The quantitative estimate of drug-likeness (QED) is 0.0501. The third-order valence-electron chi connectivity index (χ3n) is 14.1. The number of aromatic nitrogens is 1. The standard InChI is InChI=1S/C50H60N6O3S/c1-6-35-15-17-36(18-16-35)26-52-22-24-59-50-30-48(4)28-47(48,3)29-49(31-50,32-50)33-53-34(2)41(25-51)39-19-20-43(55-44(39)46(57)58)56-23-21-37-11-10-14-40(42(37)27-56)45(60-5)54-38-12-8-7-9-13-38/h7-20,25,51-53H,6,21-24,26-33H2,1-5H3,(H,57,58)/b41-34+,51-25?,54-45-. The molecule has 4 fully saturated rings. The number of thioether (sulfide) groups is 1. The summed E-state index contributed by atoms with van der Waals surface area (Å²) in [7, 11) is 0. The zero-order valence-corrected chi connectivity index (χ0v) is 36.7. The number of carboxylic acid groups (broad SMARTS) is 1. The highest BCUT2D eigenvalue weighted by Gasteiger charge is 2.73. The van der Waals surface area contributed by atoms with E-state index in [0.717, 1.165) is 86.7 Å². The number of aromatic carboxylic acids is 1. The molecule has 10 heteroatoms. The summed E-state index contributed by atoms with van der Waals surface area (Å²) < 4.78 is 6.82. The minimum Gasteiger partial charge on any atom is -0.476 e. The maximum absolute atomic E-state index is 12.9. The highest BCUT2D eigenvalue weighted by atomic mass is 32.2. The van der Waals surface area contributed by atoms with Gasteiger partial charge in [0.25, 0.3) is 0 Å². The second-order valence-electron chi connectivity index (χ2n) is 18.4. The van der Waals surface area contributed by atoms with Crippen molar-refractivity contribution in [3.05, 3.63) is 130 Å². The Morgan fingerprint density at radius 2 is 1.70 bits per heavy atom. The van der Waals surface area contributed by atoms with Crippen LogP contribution in [0.4, 0.5) is 11.5 Å². The van der Waals surface area contributed by atoms with Crippen LogP contribution in [0.25, 0.3) is 5.57 Å². The van der Waals surface area contributed by atoms with Gasteiger partial charge in [0.2, 0.25) is 0 Å². The summed E-state index contributed by atoms with van der Waals surface area (Å²) >= 11 is 1.62. The molecule has 60 heavy (non-hydrogen) atoms. The topological polar surface area (TPSA) is 123 Å².